The van der Waals surface area contributed by atoms with E-state index in [4.69, 9.17) is 4.52 Å². The first-order valence-electron chi connectivity index (χ1n) is 10.6. The molecule has 34 heavy (non-hydrogen) atoms. The third kappa shape index (κ3) is 4.23. The molecule has 4 aromatic rings. The van der Waals surface area contributed by atoms with Crippen LogP contribution < -0.4 is 0 Å². The lowest BCUT2D eigenvalue weighted by molar-refractivity contribution is -0.137. The lowest BCUT2D eigenvalue weighted by atomic mass is 10.1. The standard InChI is InChI=1S/C22H20F3N7O2/c1-13(20-26-19(29-34-20)14-3-2-4-16(11-14)22(23,24)25)31-7-9-32(10-8-31)21(33)15-5-6-17-18(12-15)28-30-27-17/h2-6,11-13H,7-10H2,1H3,(H,27,28,30). The predicted molar refractivity (Wildman–Crippen MR) is 115 cm³/mol. The quantitative estimate of drug-likeness (QED) is 0.485. The van der Waals surface area contributed by atoms with Crippen molar-refractivity contribution in [3.63, 3.8) is 0 Å². The molecule has 0 bridgehead atoms. The highest BCUT2D eigenvalue weighted by molar-refractivity contribution is 5.97. The van der Waals surface area contributed by atoms with Gasteiger partial charge in [0.15, 0.2) is 0 Å². The average Bonchev–Trinajstić information content (AvgIpc) is 3.52. The fraction of sp³-hybridized carbons (Fsp3) is 0.318. The number of fused-ring (bicyclic) bond motifs is 1. The van der Waals surface area contributed by atoms with Crippen molar-refractivity contribution in [3.05, 3.63) is 59.5 Å². The number of nitrogens with zero attached hydrogens (tertiary/aromatic N) is 6. The first-order chi connectivity index (χ1) is 16.3. The van der Waals surface area contributed by atoms with Gasteiger partial charge in [-0.2, -0.15) is 33.6 Å². The molecule has 5 rings (SSSR count). The second kappa shape index (κ2) is 8.52. The van der Waals surface area contributed by atoms with Crippen molar-refractivity contribution in [2.24, 2.45) is 0 Å². The topological polar surface area (TPSA) is 104 Å². The van der Waals surface area contributed by atoms with E-state index in [1.807, 2.05) is 6.92 Å². The van der Waals surface area contributed by atoms with E-state index in [9.17, 15) is 18.0 Å². The Balaban J connectivity index is 1.23. The summed E-state index contributed by atoms with van der Waals surface area (Å²) in [5.74, 6) is 0.329. The van der Waals surface area contributed by atoms with Gasteiger partial charge in [-0.1, -0.05) is 17.3 Å². The smallest absolute Gasteiger partial charge is 0.337 e. The van der Waals surface area contributed by atoms with Crippen LogP contribution in [0.1, 0.15) is 34.8 Å². The molecule has 9 nitrogen and oxygen atoms in total. The van der Waals surface area contributed by atoms with Crippen LogP contribution in [0.4, 0.5) is 13.2 Å². The number of benzene rings is 2. The Hall–Kier alpha value is -3.80. The molecule has 0 aliphatic carbocycles. The number of halogens is 3. The number of rotatable bonds is 4. The van der Waals surface area contributed by atoms with Crippen LogP contribution in [0.2, 0.25) is 0 Å². The number of H-pyrrole nitrogens is 1. The molecule has 0 radical (unpaired) electrons. The van der Waals surface area contributed by atoms with Gasteiger partial charge in [-0.3, -0.25) is 9.69 Å². The molecule has 1 unspecified atom stereocenters. The summed E-state index contributed by atoms with van der Waals surface area (Å²) in [6.45, 7) is 4.07. The molecule has 2 aromatic carbocycles. The minimum absolute atomic E-state index is 0.0816. The van der Waals surface area contributed by atoms with E-state index >= 15 is 0 Å². The van der Waals surface area contributed by atoms with Crippen LogP contribution in [0.25, 0.3) is 22.4 Å². The molecule has 1 fully saturated rings. The fourth-order valence-corrected chi connectivity index (χ4v) is 3.98. The molecule has 1 aliphatic heterocycles. The van der Waals surface area contributed by atoms with E-state index in [-0.39, 0.29) is 23.3 Å². The Morgan fingerprint density at radius 2 is 1.82 bits per heavy atom. The van der Waals surface area contributed by atoms with Crippen molar-refractivity contribution < 1.29 is 22.5 Å². The summed E-state index contributed by atoms with van der Waals surface area (Å²) in [4.78, 5) is 21.1. The summed E-state index contributed by atoms with van der Waals surface area (Å²) in [6.07, 6.45) is -4.45. The molecule has 1 atom stereocenters. The second-order valence-electron chi connectivity index (χ2n) is 8.07. The van der Waals surface area contributed by atoms with Crippen LogP contribution in [0, 0.1) is 0 Å². The molecule has 2 aromatic heterocycles. The normalized spacial score (nSPS) is 16.2. The summed E-state index contributed by atoms with van der Waals surface area (Å²) < 4.78 is 44.4. The van der Waals surface area contributed by atoms with Crippen LogP contribution in [0.15, 0.2) is 47.0 Å². The van der Waals surface area contributed by atoms with E-state index in [1.54, 1.807) is 23.1 Å². The van der Waals surface area contributed by atoms with E-state index in [1.165, 1.54) is 12.1 Å². The maximum absolute atomic E-state index is 13.0. The zero-order chi connectivity index (χ0) is 23.9. The summed E-state index contributed by atoms with van der Waals surface area (Å²) in [5, 5.41) is 14.4. The lowest BCUT2D eigenvalue weighted by Gasteiger charge is -2.36. The highest BCUT2D eigenvalue weighted by atomic mass is 19.4. The van der Waals surface area contributed by atoms with E-state index in [0.29, 0.717) is 48.7 Å². The van der Waals surface area contributed by atoms with Gasteiger partial charge < -0.3 is 9.42 Å². The minimum Gasteiger partial charge on any atom is -0.337 e. The van der Waals surface area contributed by atoms with Gasteiger partial charge in [0.05, 0.1) is 11.6 Å². The molecule has 12 heteroatoms. The summed E-state index contributed by atoms with van der Waals surface area (Å²) in [7, 11) is 0. The number of carbonyl (C=O) groups excluding carboxylic acids is 1. The number of amides is 1. The Bertz CT molecular complexity index is 1330. The second-order valence-corrected chi connectivity index (χ2v) is 8.07. The number of nitrogens with one attached hydrogen (secondary N) is 1. The average molecular weight is 471 g/mol. The van der Waals surface area contributed by atoms with Crippen molar-refractivity contribution >= 4 is 16.9 Å². The first-order valence-corrected chi connectivity index (χ1v) is 10.6. The van der Waals surface area contributed by atoms with Gasteiger partial charge in [-0.15, -0.1) is 0 Å². The van der Waals surface area contributed by atoms with Crippen molar-refractivity contribution in [3.8, 4) is 11.4 Å². The number of aromatic amines is 1. The lowest BCUT2D eigenvalue weighted by Crippen LogP contribution is -2.49. The first kappa shape index (κ1) is 22.0. The maximum Gasteiger partial charge on any atom is 0.416 e. The monoisotopic (exact) mass is 471 g/mol. The predicted octanol–water partition coefficient (Wildman–Crippen LogP) is 3.55. The van der Waals surface area contributed by atoms with Gasteiger partial charge in [-0.05, 0) is 37.3 Å². The van der Waals surface area contributed by atoms with Gasteiger partial charge in [0.2, 0.25) is 11.7 Å². The van der Waals surface area contributed by atoms with E-state index < -0.39 is 11.7 Å². The third-order valence-electron chi connectivity index (χ3n) is 5.96. The van der Waals surface area contributed by atoms with Gasteiger partial charge in [0.1, 0.15) is 11.0 Å². The molecule has 1 amide bonds. The van der Waals surface area contributed by atoms with Crippen LogP contribution in [0.3, 0.4) is 0 Å². The number of aromatic nitrogens is 5. The van der Waals surface area contributed by atoms with Crippen molar-refractivity contribution in [1.82, 2.24) is 35.4 Å². The van der Waals surface area contributed by atoms with Crippen LogP contribution >= 0.6 is 0 Å². The number of hydrogen-bond donors (Lipinski definition) is 1. The van der Waals surface area contributed by atoms with Gasteiger partial charge >= 0.3 is 6.18 Å². The molecule has 3 heterocycles. The molecular formula is C22H20F3N7O2. The number of carbonyl (C=O) groups is 1. The number of piperazine rings is 1. The van der Waals surface area contributed by atoms with Crippen molar-refractivity contribution in [2.75, 3.05) is 26.2 Å². The van der Waals surface area contributed by atoms with Crippen molar-refractivity contribution in [2.45, 2.75) is 19.1 Å². The van der Waals surface area contributed by atoms with Crippen molar-refractivity contribution in [1.29, 1.82) is 0 Å². The Labute approximate surface area is 191 Å². The number of hydrogen-bond acceptors (Lipinski definition) is 7. The largest absolute Gasteiger partial charge is 0.416 e. The highest BCUT2D eigenvalue weighted by Crippen LogP contribution is 2.32. The Kier molecular flexibility index (Phi) is 5.52. The zero-order valence-electron chi connectivity index (χ0n) is 18.1. The highest BCUT2D eigenvalue weighted by Gasteiger charge is 2.31. The molecule has 0 spiro atoms. The van der Waals surface area contributed by atoms with Gasteiger partial charge in [0, 0.05) is 37.3 Å². The Morgan fingerprint density at radius 3 is 2.59 bits per heavy atom. The summed E-state index contributed by atoms with van der Waals surface area (Å²) >= 11 is 0. The van der Waals surface area contributed by atoms with Gasteiger partial charge in [-0.25, -0.2) is 0 Å². The molecule has 176 valence electrons. The molecular weight excluding hydrogens is 451 g/mol. The van der Waals surface area contributed by atoms with E-state index in [0.717, 1.165) is 12.1 Å². The third-order valence-corrected chi connectivity index (χ3v) is 5.96. The van der Waals surface area contributed by atoms with E-state index in [2.05, 4.69) is 30.5 Å². The van der Waals surface area contributed by atoms with Crippen LogP contribution in [0.5, 0.6) is 0 Å². The SMILES string of the molecule is CC(c1nc(-c2cccc(C(F)(F)F)c2)no1)N1CCN(C(=O)c2ccc3n[nH]nc3c2)CC1. The maximum atomic E-state index is 13.0. The van der Waals surface area contributed by atoms with Crippen LogP contribution in [-0.4, -0.2) is 67.4 Å². The zero-order valence-corrected chi connectivity index (χ0v) is 18.1. The number of alkyl halides is 3. The summed E-state index contributed by atoms with van der Waals surface area (Å²) in [5.41, 5.74) is 1.33. The van der Waals surface area contributed by atoms with Gasteiger partial charge in [0.25, 0.3) is 5.91 Å². The summed E-state index contributed by atoms with van der Waals surface area (Å²) in [6, 6.07) is 9.76. The minimum atomic E-state index is -4.45. The molecule has 1 saturated heterocycles. The van der Waals surface area contributed by atoms with Crippen LogP contribution in [-0.2, 0) is 6.18 Å². The molecule has 1 aliphatic rings. The molecule has 1 N–H and O–H groups in total. The fourth-order valence-electron chi connectivity index (χ4n) is 3.98. The molecule has 0 saturated carbocycles. The Morgan fingerprint density at radius 1 is 1.06 bits per heavy atom.